The standard InChI is InChI=1S/C19H21F2N5/c1-12-7-19-23-17(9-18(22)26(19)24-12)14-3-2-6-25(11-14)10-13-4-5-15(20)8-16(13)21/h4-5,7-9,14H,2-3,6,10-11,22H2,1H3/t14-/m1/s1. The first-order valence-electron chi connectivity index (χ1n) is 8.78. The number of piperidine rings is 1. The van der Waals surface area contributed by atoms with E-state index in [1.807, 2.05) is 19.1 Å². The van der Waals surface area contributed by atoms with Crippen LogP contribution in [0.2, 0.25) is 0 Å². The summed E-state index contributed by atoms with van der Waals surface area (Å²) in [5, 5.41) is 4.33. The molecule has 2 aromatic heterocycles. The molecule has 0 unspecified atom stereocenters. The zero-order chi connectivity index (χ0) is 18.3. The van der Waals surface area contributed by atoms with Crippen LogP contribution in [0.1, 0.15) is 35.7 Å². The van der Waals surface area contributed by atoms with Crippen LogP contribution in [0.15, 0.2) is 30.3 Å². The first-order chi connectivity index (χ1) is 12.5. The number of halogens is 2. The van der Waals surface area contributed by atoms with Gasteiger partial charge in [-0.2, -0.15) is 9.61 Å². The Morgan fingerprint density at radius 3 is 2.88 bits per heavy atom. The van der Waals surface area contributed by atoms with Gasteiger partial charge >= 0.3 is 0 Å². The van der Waals surface area contributed by atoms with Gasteiger partial charge in [0.1, 0.15) is 17.5 Å². The summed E-state index contributed by atoms with van der Waals surface area (Å²) in [4.78, 5) is 6.91. The number of nitrogens with zero attached hydrogens (tertiary/aromatic N) is 4. The van der Waals surface area contributed by atoms with E-state index in [9.17, 15) is 8.78 Å². The number of benzene rings is 1. The van der Waals surface area contributed by atoms with Crippen molar-refractivity contribution in [1.29, 1.82) is 0 Å². The number of hydrogen-bond donors (Lipinski definition) is 1. The topological polar surface area (TPSA) is 59.5 Å². The zero-order valence-corrected chi connectivity index (χ0v) is 14.6. The number of aromatic nitrogens is 3. The molecule has 0 aliphatic carbocycles. The monoisotopic (exact) mass is 357 g/mol. The van der Waals surface area contributed by atoms with Crippen LogP contribution in [-0.2, 0) is 6.54 Å². The van der Waals surface area contributed by atoms with E-state index in [-0.39, 0.29) is 5.92 Å². The number of fused-ring (bicyclic) bond motifs is 1. The third kappa shape index (κ3) is 3.26. The molecule has 1 fully saturated rings. The highest BCUT2D eigenvalue weighted by Crippen LogP contribution is 2.28. The van der Waals surface area contributed by atoms with Gasteiger partial charge in [0.2, 0.25) is 0 Å². The van der Waals surface area contributed by atoms with Crippen molar-refractivity contribution >= 4 is 11.5 Å². The minimum atomic E-state index is -0.549. The van der Waals surface area contributed by atoms with Gasteiger partial charge in [0, 0.05) is 42.8 Å². The highest BCUT2D eigenvalue weighted by molar-refractivity contribution is 5.48. The maximum absolute atomic E-state index is 14.0. The summed E-state index contributed by atoms with van der Waals surface area (Å²) in [6.07, 6.45) is 2.01. The second kappa shape index (κ2) is 6.64. The largest absolute Gasteiger partial charge is 0.384 e. The lowest BCUT2D eigenvalue weighted by atomic mass is 9.94. The lowest BCUT2D eigenvalue weighted by Gasteiger charge is -2.32. The fourth-order valence-electron chi connectivity index (χ4n) is 3.67. The fourth-order valence-corrected chi connectivity index (χ4v) is 3.67. The molecule has 7 heteroatoms. The van der Waals surface area contributed by atoms with Gasteiger partial charge in [-0.25, -0.2) is 13.8 Å². The van der Waals surface area contributed by atoms with Crippen molar-refractivity contribution in [3.63, 3.8) is 0 Å². The Hall–Kier alpha value is -2.54. The van der Waals surface area contributed by atoms with E-state index in [0.717, 1.165) is 49.0 Å². The summed E-state index contributed by atoms with van der Waals surface area (Å²) in [6.45, 7) is 4.03. The number of hydrogen-bond acceptors (Lipinski definition) is 4. The summed E-state index contributed by atoms with van der Waals surface area (Å²) < 4.78 is 28.7. The van der Waals surface area contributed by atoms with E-state index in [1.54, 1.807) is 4.52 Å². The van der Waals surface area contributed by atoms with Crippen LogP contribution in [0.3, 0.4) is 0 Å². The predicted molar refractivity (Wildman–Crippen MR) is 95.7 cm³/mol. The summed E-state index contributed by atoms with van der Waals surface area (Å²) >= 11 is 0. The molecule has 0 bridgehead atoms. The number of nitrogens with two attached hydrogens (primary N) is 1. The zero-order valence-electron chi connectivity index (χ0n) is 14.6. The molecule has 2 N–H and O–H groups in total. The van der Waals surface area contributed by atoms with E-state index in [4.69, 9.17) is 10.7 Å². The smallest absolute Gasteiger partial charge is 0.157 e. The van der Waals surface area contributed by atoms with Gasteiger partial charge in [0.15, 0.2) is 5.65 Å². The molecular formula is C19H21F2N5. The van der Waals surface area contributed by atoms with Crippen LogP contribution in [-0.4, -0.2) is 32.6 Å². The van der Waals surface area contributed by atoms with Crippen molar-refractivity contribution in [2.75, 3.05) is 18.8 Å². The Kier molecular flexibility index (Phi) is 4.32. The molecule has 1 aromatic carbocycles. The van der Waals surface area contributed by atoms with Gasteiger partial charge in [-0.15, -0.1) is 0 Å². The van der Waals surface area contributed by atoms with Crippen molar-refractivity contribution < 1.29 is 8.78 Å². The SMILES string of the molecule is Cc1cc2nc([C@@H]3CCCN(Cc4ccc(F)cc4F)C3)cc(N)n2n1. The molecule has 0 saturated carbocycles. The Balaban J connectivity index is 1.55. The van der Waals surface area contributed by atoms with Gasteiger partial charge in [-0.1, -0.05) is 6.07 Å². The predicted octanol–water partition coefficient (Wildman–Crippen LogP) is 3.28. The van der Waals surface area contributed by atoms with E-state index < -0.39 is 11.6 Å². The van der Waals surface area contributed by atoms with Crippen LogP contribution >= 0.6 is 0 Å². The maximum Gasteiger partial charge on any atom is 0.157 e. The molecule has 136 valence electrons. The van der Waals surface area contributed by atoms with Crippen molar-refractivity contribution in [1.82, 2.24) is 19.5 Å². The lowest BCUT2D eigenvalue weighted by molar-refractivity contribution is 0.196. The molecule has 26 heavy (non-hydrogen) atoms. The second-order valence-electron chi connectivity index (χ2n) is 6.97. The Bertz CT molecular complexity index is 952. The highest BCUT2D eigenvalue weighted by Gasteiger charge is 2.24. The minimum absolute atomic E-state index is 0.231. The normalized spacial score (nSPS) is 18.5. The number of aryl methyl sites for hydroxylation is 1. The summed E-state index contributed by atoms with van der Waals surface area (Å²) in [7, 11) is 0. The van der Waals surface area contributed by atoms with E-state index in [1.165, 1.54) is 12.1 Å². The van der Waals surface area contributed by atoms with Crippen molar-refractivity contribution in [3.05, 3.63) is 58.9 Å². The van der Waals surface area contributed by atoms with Crippen molar-refractivity contribution in [2.45, 2.75) is 32.2 Å². The Morgan fingerprint density at radius 1 is 1.23 bits per heavy atom. The molecule has 0 amide bonds. The number of rotatable bonds is 3. The lowest BCUT2D eigenvalue weighted by Crippen LogP contribution is -2.34. The average Bonchev–Trinajstić information content (AvgIpc) is 2.99. The van der Waals surface area contributed by atoms with E-state index in [0.29, 0.717) is 17.9 Å². The second-order valence-corrected chi connectivity index (χ2v) is 6.97. The average molecular weight is 357 g/mol. The van der Waals surface area contributed by atoms with Crippen LogP contribution in [0.5, 0.6) is 0 Å². The quantitative estimate of drug-likeness (QED) is 0.782. The fraction of sp³-hybridized carbons (Fsp3) is 0.368. The van der Waals surface area contributed by atoms with Gasteiger partial charge in [-0.3, -0.25) is 4.90 Å². The summed E-state index contributed by atoms with van der Waals surface area (Å²) in [5.41, 5.74) is 9.21. The first kappa shape index (κ1) is 16.9. The third-order valence-electron chi connectivity index (χ3n) is 4.93. The minimum Gasteiger partial charge on any atom is -0.384 e. The summed E-state index contributed by atoms with van der Waals surface area (Å²) in [6, 6.07) is 7.55. The molecule has 4 rings (SSSR count). The molecule has 0 spiro atoms. The number of nitrogen functional groups attached to an aromatic ring is 1. The van der Waals surface area contributed by atoms with E-state index in [2.05, 4.69) is 10.00 Å². The molecule has 1 aliphatic rings. The van der Waals surface area contributed by atoms with Crippen LogP contribution in [0.4, 0.5) is 14.6 Å². The van der Waals surface area contributed by atoms with E-state index >= 15 is 0 Å². The third-order valence-corrected chi connectivity index (χ3v) is 4.93. The Morgan fingerprint density at radius 2 is 2.08 bits per heavy atom. The first-order valence-corrected chi connectivity index (χ1v) is 8.78. The van der Waals surface area contributed by atoms with Gasteiger partial charge in [-0.05, 0) is 32.4 Å². The number of anilines is 1. The van der Waals surface area contributed by atoms with Crippen LogP contribution in [0, 0.1) is 18.6 Å². The summed E-state index contributed by atoms with van der Waals surface area (Å²) in [5.74, 6) is -0.243. The highest BCUT2D eigenvalue weighted by atomic mass is 19.1. The molecule has 0 radical (unpaired) electrons. The molecule has 3 heterocycles. The number of likely N-dealkylation sites (tertiary alicyclic amines) is 1. The van der Waals surface area contributed by atoms with Crippen LogP contribution in [0.25, 0.3) is 5.65 Å². The van der Waals surface area contributed by atoms with Crippen molar-refractivity contribution in [2.24, 2.45) is 0 Å². The van der Waals surface area contributed by atoms with Gasteiger partial charge in [0.25, 0.3) is 0 Å². The van der Waals surface area contributed by atoms with Crippen molar-refractivity contribution in [3.8, 4) is 0 Å². The Labute approximate surface area is 150 Å². The molecule has 1 aliphatic heterocycles. The van der Waals surface area contributed by atoms with Gasteiger partial charge < -0.3 is 5.73 Å². The van der Waals surface area contributed by atoms with Gasteiger partial charge in [0.05, 0.1) is 11.4 Å². The molecule has 1 saturated heterocycles. The molecule has 3 aromatic rings. The molecule has 1 atom stereocenters. The molecule has 5 nitrogen and oxygen atoms in total. The maximum atomic E-state index is 14.0. The molecular weight excluding hydrogens is 336 g/mol. The van der Waals surface area contributed by atoms with Crippen LogP contribution < -0.4 is 5.73 Å².